The molecule has 3 N–H and O–H groups in total. The van der Waals surface area contributed by atoms with Crippen molar-refractivity contribution in [2.45, 2.75) is 0 Å². The Morgan fingerprint density at radius 1 is 1.27 bits per heavy atom. The Hall–Kier alpha value is -2.12. The van der Waals surface area contributed by atoms with Crippen molar-refractivity contribution in [3.8, 4) is 0 Å². The molecule has 7 heteroatoms. The molecule has 0 amide bonds. The van der Waals surface area contributed by atoms with E-state index >= 15 is 0 Å². The molecule has 15 heavy (non-hydrogen) atoms. The standard InChI is InChI=1S/C8H7NO6/c10-7(11)4-2-1-3-5(9(14)15)6(4)8(12)13/h1-3,14-15H,(H,10,11)(H,12,13)/p-1. The smallest absolute Gasteiger partial charge is 0.338 e. The number of nitrogens with zero attached hydrogens (tertiary/aromatic N) is 1. The molecule has 0 atom stereocenters. The molecule has 7 nitrogen and oxygen atoms in total. The van der Waals surface area contributed by atoms with Crippen LogP contribution < -0.4 is 10.3 Å². The van der Waals surface area contributed by atoms with Gasteiger partial charge in [0, 0.05) is 5.56 Å². The lowest BCUT2D eigenvalue weighted by Gasteiger charge is -2.14. The highest BCUT2D eigenvalue weighted by Gasteiger charge is 2.18. The molecule has 0 aliphatic rings. The molecule has 0 unspecified atom stereocenters. The van der Waals surface area contributed by atoms with E-state index in [0.29, 0.717) is 0 Å². The number of carboxylic acids is 2. The summed E-state index contributed by atoms with van der Waals surface area (Å²) in [4.78, 5) is 21.3. The highest BCUT2D eigenvalue weighted by Crippen LogP contribution is 2.21. The predicted molar refractivity (Wildman–Crippen MR) is 43.8 cm³/mol. The van der Waals surface area contributed by atoms with Gasteiger partial charge in [0.15, 0.2) is 0 Å². The molecule has 0 aromatic heterocycles. The lowest BCUT2D eigenvalue weighted by molar-refractivity contribution is -0.255. The fraction of sp³-hybridized carbons (Fsp3) is 0. The van der Waals surface area contributed by atoms with Gasteiger partial charge in [0.1, 0.15) is 5.69 Å². The van der Waals surface area contributed by atoms with Gasteiger partial charge in [0.25, 0.3) is 0 Å². The van der Waals surface area contributed by atoms with Gasteiger partial charge >= 0.3 is 5.97 Å². The number of carboxylic acid groups (broad SMARTS) is 2. The van der Waals surface area contributed by atoms with Crippen LogP contribution in [0.25, 0.3) is 0 Å². The van der Waals surface area contributed by atoms with Crippen LogP contribution in [0.2, 0.25) is 0 Å². The van der Waals surface area contributed by atoms with Crippen molar-refractivity contribution in [2.75, 3.05) is 5.23 Å². The van der Waals surface area contributed by atoms with Crippen molar-refractivity contribution in [2.24, 2.45) is 0 Å². The van der Waals surface area contributed by atoms with Crippen LogP contribution in [0.3, 0.4) is 0 Å². The number of carbonyl (C=O) groups excluding carboxylic acids is 1. The second-order valence-corrected chi connectivity index (χ2v) is 2.58. The zero-order valence-corrected chi connectivity index (χ0v) is 7.25. The Morgan fingerprint density at radius 3 is 2.27 bits per heavy atom. The molecular weight excluding hydrogens is 206 g/mol. The second kappa shape index (κ2) is 3.95. The highest BCUT2D eigenvalue weighted by molar-refractivity contribution is 6.05. The number of aromatic carboxylic acids is 2. The summed E-state index contributed by atoms with van der Waals surface area (Å²) in [5.74, 6) is -3.31. The number of benzene rings is 1. The summed E-state index contributed by atoms with van der Waals surface area (Å²) < 4.78 is 0. The van der Waals surface area contributed by atoms with Crippen molar-refractivity contribution >= 4 is 17.6 Å². The first kappa shape index (κ1) is 11.0. The molecule has 1 rings (SSSR count). The van der Waals surface area contributed by atoms with Crippen molar-refractivity contribution < 1.29 is 30.2 Å². The summed E-state index contributed by atoms with van der Waals surface area (Å²) in [5, 5.41) is 36.1. The van der Waals surface area contributed by atoms with Crippen molar-refractivity contribution in [3.63, 3.8) is 0 Å². The normalized spacial score (nSPS) is 9.73. The molecule has 80 valence electrons. The van der Waals surface area contributed by atoms with Gasteiger partial charge in [-0.25, -0.2) is 4.79 Å². The molecule has 0 aliphatic carbocycles. The number of hydrogen-bond acceptors (Lipinski definition) is 6. The fourth-order valence-corrected chi connectivity index (χ4v) is 1.10. The van der Waals surface area contributed by atoms with E-state index in [4.69, 9.17) is 15.5 Å². The molecule has 1 aromatic rings. The first-order valence-electron chi connectivity index (χ1n) is 3.70. The summed E-state index contributed by atoms with van der Waals surface area (Å²) in [6, 6.07) is 3.19. The third-order valence-electron chi connectivity index (χ3n) is 1.69. The molecule has 0 saturated heterocycles. The lowest BCUT2D eigenvalue weighted by Crippen LogP contribution is -2.26. The highest BCUT2D eigenvalue weighted by atomic mass is 16.8. The molecule has 0 bridgehead atoms. The van der Waals surface area contributed by atoms with Gasteiger partial charge < -0.3 is 15.0 Å². The quantitative estimate of drug-likeness (QED) is 0.568. The first-order valence-corrected chi connectivity index (χ1v) is 3.70. The maximum absolute atomic E-state index is 10.7. The molecule has 0 saturated carbocycles. The Bertz CT molecular complexity index is 414. The number of carbonyl (C=O) groups is 2. The van der Waals surface area contributed by atoms with E-state index in [1.54, 1.807) is 0 Å². The summed E-state index contributed by atoms with van der Waals surface area (Å²) in [5.41, 5.74) is -1.93. The Kier molecular flexibility index (Phi) is 2.88. The third-order valence-corrected chi connectivity index (χ3v) is 1.69. The van der Waals surface area contributed by atoms with Crippen LogP contribution in [-0.2, 0) is 0 Å². The molecule has 0 fully saturated rings. The van der Waals surface area contributed by atoms with E-state index in [1.165, 1.54) is 0 Å². The van der Waals surface area contributed by atoms with E-state index in [-0.39, 0.29) is 0 Å². The van der Waals surface area contributed by atoms with Gasteiger partial charge in [-0.3, -0.25) is 10.4 Å². The SMILES string of the molecule is O=C([O-])c1cccc(N(O)O)c1C(=O)O. The molecule has 0 spiro atoms. The fourth-order valence-electron chi connectivity index (χ4n) is 1.10. The van der Waals surface area contributed by atoms with Crippen LogP contribution >= 0.6 is 0 Å². The van der Waals surface area contributed by atoms with Crippen LogP contribution in [0.15, 0.2) is 18.2 Å². The van der Waals surface area contributed by atoms with Gasteiger partial charge in [-0.1, -0.05) is 12.1 Å². The van der Waals surface area contributed by atoms with Gasteiger partial charge in [-0.05, 0) is 6.07 Å². The Morgan fingerprint density at radius 2 is 1.87 bits per heavy atom. The topological polar surface area (TPSA) is 121 Å². The van der Waals surface area contributed by atoms with E-state index in [0.717, 1.165) is 18.2 Å². The van der Waals surface area contributed by atoms with Crippen molar-refractivity contribution in [3.05, 3.63) is 29.3 Å². The lowest BCUT2D eigenvalue weighted by atomic mass is 10.1. The van der Waals surface area contributed by atoms with Crippen molar-refractivity contribution in [1.29, 1.82) is 0 Å². The van der Waals surface area contributed by atoms with Gasteiger partial charge in [-0.15, -0.1) is 5.23 Å². The van der Waals surface area contributed by atoms with E-state index < -0.39 is 34.0 Å². The van der Waals surface area contributed by atoms with Crippen LogP contribution in [0.5, 0.6) is 0 Å². The minimum atomic E-state index is -1.71. The summed E-state index contributed by atoms with van der Waals surface area (Å²) in [7, 11) is 0. The van der Waals surface area contributed by atoms with Gasteiger partial charge in [0.05, 0.1) is 11.5 Å². The predicted octanol–water partition coefficient (Wildman–Crippen LogP) is -0.667. The summed E-state index contributed by atoms with van der Waals surface area (Å²) in [6.07, 6.45) is 0. The zero-order chi connectivity index (χ0) is 11.6. The third kappa shape index (κ3) is 2.03. The maximum atomic E-state index is 10.7. The number of anilines is 1. The molecular formula is C8H6NO6-. The van der Waals surface area contributed by atoms with E-state index in [9.17, 15) is 14.7 Å². The molecule has 0 aliphatic heterocycles. The second-order valence-electron chi connectivity index (χ2n) is 2.58. The molecule has 0 heterocycles. The summed E-state index contributed by atoms with van der Waals surface area (Å²) in [6.45, 7) is 0. The van der Waals surface area contributed by atoms with Crippen molar-refractivity contribution in [1.82, 2.24) is 0 Å². The average Bonchev–Trinajstić information content (AvgIpc) is 2.16. The van der Waals surface area contributed by atoms with E-state index in [1.807, 2.05) is 0 Å². The average molecular weight is 212 g/mol. The minimum Gasteiger partial charge on any atom is -0.545 e. The van der Waals surface area contributed by atoms with Crippen LogP contribution in [0, 0.1) is 0 Å². The van der Waals surface area contributed by atoms with Crippen LogP contribution in [0.1, 0.15) is 20.7 Å². The minimum absolute atomic E-state index is 0.462. The Balaban J connectivity index is 3.48. The number of rotatable bonds is 3. The monoisotopic (exact) mass is 212 g/mol. The summed E-state index contributed by atoms with van der Waals surface area (Å²) >= 11 is 0. The number of hydrogen-bond donors (Lipinski definition) is 3. The molecule has 1 aromatic carbocycles. The van der Waals surface area contributed by atoms with Crippen LogP contribution in [-0.4, -0.2) is 27.5 Å². The zero-order valence-electron chi connectivity index (χ0n) is 7.25. The maximum Gasteiger partial charge on any atom is 0.338 e. The largest absolute Gasteiger partial charge is 0.545 e. The van der Waals surface area contributed by atoms with Gasteiger partial charge in [0.2, 0.25) is 0 Å². The van der Waals surface area contributed by atoms with Crippen LogP contribution in [0.4, 0.5) is 5.69 Å². The Labute approximate surface area is 83.3 Å². The van der Waals surface area contributed by atoms with Gasteiger partial charge in [-0.2, -0.15) is 0 Å². The first-order chi connectivity index (χ1) is 6.95. The molecule has 0 radical (unpaired) electrons. The van der Waals surface area contributed by atoms with E-state index in [2.05, 4.69) is 0 Å².